The second kappa shape index (κ2) is 6.32. The second-order valence-corrected chi connectivity index (χ2v) is 5.72. The Morgan fingerprint density at radius 3 is 2.61 bits per heavy atom. The fourth-order valence-corrected chi connectivity index (χ4v) is 3.62. The molecule has 0 aliphatic heterocycles. The first kappa shape index (κ1) is 13.5. The van der Waals surface area contributed by atoms with Gasteiger partial charge in [-0.1, -0.05) is 44.9 Å². The van der Waals surface area contributed by atoms with E-state index in [1.165, 1.54) is 28.5 Å². The summed E-state index contributed by atoms with van der Waals surface area (Å²) in [4.78, 5) is 0. The molecule has 1 aromatic carbocycles. The first-order valence-electron chi connectivity index (χ1n) is 6.71. The molecule has 1 atom stereocenters. The highest BCUT2D eigenvalue weighted by atomic mass is 32.1. The molecule has 1 heterocycles. The summed E-state index contributed by atoms with van der Waals surface area (Å²) in [5.74, 6) is 6.39. The molecule has 0 spiro atoms. The highest BCUT2D eigenvalue weighted by Gasteiger charge is 2.18. The molecule has 0 saturated heterocycles. The Balaban J connectivity index is 2.21. The molecule has 1 unspecified atom stereocenters. The molecule has 0 aliphatic carbocycles. The lowest BCUT2D eigenvalue weighted by atomic mass is 9.90. The van der Waals surface area contributed by atoms with Crippen molar-refractivity contribution in [2.24, 2.45) is 11.8 Å². The van der Waals surface area contributed by atoms with E-state index in [1.54, 1.807) is 0 Å². The van der Waals surface area contributed by atoms with Crippen molar-refractivity contribution in [1.82, 2.24) is 5.43 Å². The van der Waals surface area contributed by atoms with E-state index in [-0.39, 0.29) is 0 Å². The minimum atomic E-state index is 0.373. The molecule has 2 aromatic rings. The molecule has 3 N–H and O–H groups in total. The molecule has 0 bridgehead atoms. The van der Waals surface area contributed by atoms with Crippen LogP contribution in [0.25, 0.3) is 10.1 Å². The molecular weight excluding hydrogens is 240 g/mol. The monoisotopic (exact) mass is 262 g/mol. The summed E-state index contributed by atoms with van der Waals surface area (Å²) in [5.41, 5.74) is 4.43. The molecule has 0 saturated carbocycles. The topological polar surface area (TPSA) is 38.0 Å². The molecule has 2 rings (SSSR count). The maximum atomic E-state index is 5.74. The fourth-order valence-electron chi connectivity index (χ4n) is 2.65. The number of rotatable bonds is 6. The maximum absolute atomic E-state index is 5.74. The Morgan fingerprint density at radius 2 is 1.94 bits per heavy atom. The van der Waals surface area contributed by atoms with Crippen LogP contribution in [0.1, 0.15) is 32.3 Å². The highest BCUT2D eigenvalue weighted by molar-refractivity contribution is 7.17. The van der Waals surface area contributed by atoms with Gasteiger partial charge in [0.15, 0.2) is 0 Å². The van der Waals surface area contributed by atoms with Gasteiger partial charge < -0.3 is 0 Å². The second-order valence-electron chi connectivity index (χ2n) is 4.81. The van der Waals surface area contributed by atoms with Crippen LogP contribution in [0.4, 0.5) is 0 Å². The summed E-state index contributed by atoms with van der Waals surface area (Å²) in [7, 11) is 0. The lowest BCUT2D eigenvalue weighted by Crippen LogP contribution is -2.42. The average molecular weight is 262 g/mol. The van der Waals surface area contributed by atoms with Crippen LogP contribution in [0.3, 0.4) is 0 Å². The van der Waals surface area contributed by atoms with Gasteiger partial charge >= 0.3 is 0 Å². The predicted octanol–water partition coefficient (Wildman–Crippen LogP) is 3.71. The van der Waals surface area contributed by atoms with Crippen LogP contribution in [-0.2, 0) is 6.42 Å². The number of benzene rings is 1. The number of hydrogen-bond acceptors (Lipinski definition) is 3. The quantitative estimate of drug-likeness (QED) is 0.615. The molecule has 0 fully saturated rings. The van der Waals surface area contributed by atoms with Gasteiger partial charge in [0, 0.05) is 10.7 Å². The summed E-state index contributed by atoms with van der Waals surface area (Å²) in [6, 6.07) is 8.98. The molecule has 0 amide bonds. The van der Waals surface area contributed by atoms with Gasteiger partial charge in [-0.25, -0.2) is 0 Å². The summed E-state index contributed by atoms with van der Waals surface area (Å²) < 4.78 is 1.37. The van der Waals surface area contributed by atoms with Crippen LogP contribution in [0, 0.1) is 5.92 Å². The van der Waals surface area contributed by atoms with Gasteiger partial charge in [-0.3, -0.25) is 11.3 Å². The van der Waals surface area contributed by atoms with Crippen LogP contribution >= 0.6 is 11.3 Å². The number of hydrazine groups is 1. The van der Waals surface area contributed by atoms with Gasteiger partial charge in [0.05, 0.1) is 0 Å². The van der Waals surface area contributed by atoms with Crippen molar-refractivity contribution in [3.05, 3.63) is 35.2 Å². The zero-order valence-electron chi connectivity index (χ0n) is 11.1. The van der Waals surface area contributed by atoms with Crippen LogP contribution in [0.2, 0.25) is 0 Å². The predicted molar refractivity (Wildman–Crippen MR) is 80.7 cm³/mol. The van der Waals surface area contributed by atoms with Gasteiger partial charge in [-0.15, -0.1) is 11.3 Å². The van der Waals surface area contributed by atoms with Crippen molar-refractivity contribution in [3.8, 4) is 0 Å². The van der Waals surface area contributed by atoms with Crippen LogP contribution in [-0.4, -0.2) is 6.04 Å². The summed E-state index contributed by atoms with van der Waals surface area (Å²) in [5, 5.41) is 3.66. The van der Waals surface area contributed by atoms with Gasteiger partial charge in [-0.05, 0) is 34.7 Å². The molecule has 0 radical (unpaired) electrons. The minimum absolute atomic E-state index is 0.373. The molecule has 98 valence electrons. The zero-order chi connectivity index (χ0) is 13.0. The molecular formula is C15H22N2S. The molecule has 18 heavy (non-hydrogen) atoms. The number of thiophene rings is 1. The first-order chi connectivity index (χ1) is 8.80. The Labute approximate surface area is 113 Å². The standard InChI is InChI=1S/C15H22N2S/c1-3-11(4-2)14(17-16)9-12-10-18-15-8-6-5-7-13(12)15/h5-8,10-11,14,17H,3-4,9,16H2,1-2H3. The Morgan fingerprint density at radius 1 is 1.22 bits per heavy atom. The van der Waals surface area contributed by atoms with Crippen molar-refractivity contribution >= 4 is 21.4 Å². The Bertz CT molecular complexity index is 488. The number of nitrogens with two attached hydrogens (primary N) is 1. The highest BCUT2D eigenvalue weighted by Crippen LogP contribution is 2.28. The van der Waals surface area contributed by atoms with E-state index in [9.17, 15) is 0 Å². The lowest BCUT2D eigenvalue weighted by Gasteiger charge is -2.24. The number of nitrogens with one attached hydrogen (secondary N) is 1. The van der Waals surface area contributed by atoms with E-state index in [0.29, 0.717) is 12.0 Å². The van der Waals surface area contributed by atoms with Crippen molar-refractivity contribution < 1.29 is 0 Å². The zero-order valence-corrected chi connectivity index (χ0v) is 12.0. The third-order valence-corrected chi connectivity index (χ3v) is 4.85. The third kappa shape index (κ3) is 2.74. The lowest BCUT2D eigenvalue weighted by molar-refractivity contribution is 0.336. The first-order valence-corrected chi connectivity index (χ1v) is 7.59. The minimum Gasteiger partial charge on any atom is -0.271 e. The summed E-state index contributed by atoms with van der Waals surface area (Å²) in [6.07, 6.45) is 3.37. The van der Waals surface area contributed by atoms with Crippen molar-refractivity contribution in [3.63, 3.8) is 0 Å². The number of hydrogen-bond donors (Lipinski definition) is 2. The molecule has 2 nitrogen and oxygen atoms in total. The van der Waals surface area contributed by atoms with E-state index in [1.807, 2.05) is 11.3 Å². The van der Waals surface area contributed by atoms with Crippen molar-refractivity contribution in [2.75, 3.05) is 0 Å². The van der Waals surface area contributed by atoms with Crippen LogP contribution < -0.4 is 11.3 Å². The number of fused-ring (bicyclic) bond motifs is 1. The smallest absolute Gasteiger partial charge is 0.0345 e. The summed E-state index contributed by atoms with van der Waals surface area (Å²) >= 11 is 1.82. The fraction of sp³-hybridized carbons (Fsp3) is 0.467. The maximum Gasteiger partial charge on any atom is 0.0345 e. The van der Waals surface area contributed by atoms with Crippen molar-refractivity contribution in [2.45, 2.75) is 39.2 Å². The average Bonchev–Trinajstić information content (AvgIpc) is 2.82. The summed E-state index contributed by atoms with van der Waals surface area (Å²) in [6.45, 7) is 4.48. The molecule has 1 aromatic heterocycles. The SMILES string of the molecule is CCC(CC)C(Cc1csc2ccccc12)NN. The van der Waals surface area contributed by atoms with Gasteiger partial charge in [0.2, 0.25) is 0 Å². The van der Waals surface area contributed by atoms with Crippen LogP contribution in [0.15, 0.2) is 29.6 Å². The Kier molecular flexibility index (Phi) is 4.75. The van der Waals surface area contributed by atoms with Gasteiger partial charge in [0.1, 0.15) is 0 Å². The van der Waals surface area contributed by atoms with Crippen molar-refractivity contribution in [1.29, 1.82) is 0 Å². The van der Waals surface area contributed by atoms with E-state index >= 15 is 0 Å². The van der Waals surface area contributed by atoms with Gasteiger partial charge in [-0.2, -0.15) is 0 Å². The van der Waals surface area contributed by atoms with E-state index in [4.69, 9.17) is 5.84 Å². The third-order valence-electron chi connectivity index (χ3n) is 3.83. The molecule has 3 heteroatoms. The van der Waals surface area contributed by atoms with E-state index in [0.717, 1.165) is 6.42 Å². The Hall–Kier alpha value is -0.900. The van der Waals surface area contributed by atoms with E-state index in [2.05, 4.69) is 48.9 Å². The normalized spacial score (nSPS) is 13.3. The molecule has 0 aliphatic rings. The largest absolute Gasteiger partial charge is 0.271 e. The van der Waals surface area contributed by atoms with Gasteiger partial charge in [0.25, 0.3) is 0 Å². The van der Waals surface area contributed by atoms with E-state index < -0.39 is 0 Å². The van der Waals surface area contributed by atoms with Crippen LogP contribution in [0.5, 0.6) is 0 Å².